The van der Waals surface area contributed by atoms with Crippen LogP contribution in [0.4, 0.5) is 5.69 Å². The van der Waals surface area contributed by atoms with E-state index in [1.54, 1.807) is 12.1 Å². The van der Waals surface area contributed by atoms with E-state index in [1.165, 1.54) is 0 Å². The van der Waals surface area contributed by atoms with E-state index in [0.29, 0.717) is 20.7 Å². The number of nitrogens with two attached hydrogens (primary N) is 1. The number of Topliss-reactive ketones (excluding diaryl/α,β-unsaturated/α-hetero) is 1. The van der Waals surface area contributed by atoms with E-state index >= 15 is 0 Å². The molecule has 0 aromatic heterocycles. The molecule has 0 heterocycles. The molecule has 0 unspecified atom stereocenters. The van der Waals surface area contributed by atoms with Crippen LogP contribution in [0.2, 0.25) is 5.02 Å². The van der Waals surface area contributed by atoms with Crippen molar-refractivity contribution in [3.05, 3.63) is 27.2 Å². The minimum absolute atomic E-state index is 0.0852. The number of halogens is 3. The molecular weight excluding hydrogens is 321 g/mol. The summed E-state index contributed by atoms with van der Waals surface area (Å²) in [5, 5.41) is 0.640. The maximum Gasteiger partial charge on any atom is 0.174 e. The molecule has 0 fully saturated rings. The van der Waals surface area contributed by atoms with Crippen LogP contribution in [0.25, 0.3) is 0 Å². The molecule has 13 heavy (non-hydrogen) atoms. The van der Waals surface area contributed by atoms with Gasteiger partial charge in [0.1, 0.15) is 0 Å². The highest BCUT2D eigenvalue weighted by atomic mass is 79.9. The first-order chi connectivity index (χ1) is 6.06. The number of benzene rings is 1. The molecule has 0 amide bonds. The van der Waals surface area contributed by atoms with Gasteiger partial charge in [-0.2, -0.15) is 0 Å². The van der Waals surface area contributed by atoms with Gasteiger partial charge < -0.3 is 5.73 Å². The third-order valence-electron chi connectivity index (χ3n) is 1.47. The molecule has 0 spiro atoms. The molecular formula is C8H6Br2ClNO. The standard InChI is InChI=1S/C8H6Br2ClNO/c9-3-7(13)5-1-4(12)2-6(10)8(5)11/h1-2H,3,12H2. The van der Waals surface area contributed by atoms with Crippen LogP contribution in [-0.4, -0.2) is 11.1 Å². The zero-order valence-electron chi connectivity index (χ0n) is 6.48. The summed E-state index contributed by atoms with van der Waals surface area (Å²) in [6.45, 7) is 0. The molecule has 2 N–H and O–H groups in total. The molecule has 2 nitrogen and oxygen atoms in total. The van der Waals surface area contributed by atoms with E-state index in [9.17, 15) is 4.79 Å². The number of ketones is 1. The summed E-state index contributed by atoms with van der Waals surface area (Å²) >= 11 is 12.2. The van der Waals surface area contributed by atoms with Gasteiger partial charge >= 0.3 is 0 Å². The number of anilines is 1. The van der Waals surface area contributed by atoms with Crippen molar-refractivity contribution in [3.63, 3.8) is 0 Å². The summed E-state index contributed by atoms with van der Waals surface area (Å²) in [6, 6.07) is 3.23. The molecule has 0 atom stereocenters. The number of hydrogen-bond acceptors (Lipinski definition) is 2. The highest BCUT2D eigenvalue weighted by Gasteiger charge is 2.12. The first kappa shape index (κ1) is 11.0. The first-order valence-corrected chi connectivity index (χ1v) is 5.69. The summed E-state index contributed by atoms with van der Waals surface area (Å²) in [7, 11) is 0. The van der Waals surface area contributed by atoms with E-state index in [1.807, 2.05) is 0 Å². The number of nitrogen functional groups attached to an aromatic ring is 1. The Balaban J connectivity index is 3.28. The van der Waals surface area contributed by atoms with E-state index in [4.69, 9.17) is 17.3 Å². The van der Waals surface area contributed by atoms with Gasteiger partial charge in [0.25, 0.3) is 0 Å². The molecule has 0 aliphatic carbocycles. The van der Waals surface area contributed by atoms with Gasteiger partial charge in [0.2, 0.25) is 0 Å². The monoisotopic (exact) mass is 325 g/mol. The summed E-state index contributed by atoms with van der Waals surface area (Å²) < 4.78 is 0.637. The van der Waals surface area contributed by atoms with Crippen molar-refractivity contribution in [2.75, 3.05) is 11.1 Å². The quantitative estimate of drug-likeness (QED) is 0.515. The second kappa shape index (κ2) is 4.44. The Morgan fingerprint density at radius 2 is 2.15 bits per heavy atom. The zero-order chi connectivity index (χ0) is 10.0. The fourth-order valence-corrected chi connectivity index (χ4v) is 1.88. The summed E-state index contributed by atoms with van der Waals surface area (Å²) in [5.41, 5.74) is 6.51. The van der Waals surface area contributed by atoms with E-state index in [-0.39, 0.29) is 11.1 Å². The predicted octanol–water partition coefficient (Wildman–Crippen LogP) is 3.26. The number of alkyl halides is 1. The molecule has 0 saturated carbocycles. The summed E-state index contributed by atoms with van der Waals surface area (Å²) in [6.07, 6.45) is 0. The lowest BCUT2D eigenvalue weighted by atomic mass is 10.1. The molecule has 1 rings (SSSR count). The van der Waals surface area contributed by atoms with Gasteiger partial charge in [-0.3, -0.25) is 4.79 Å². The Hall–Kier alpha value is -0.0600. The number of rotatable bonds is 2. The second-order valence-corrected chi connectivity index (χ2v) is 4.21. The third kappa shape index (κ3) is 2.45. The van der Waals surface area contributed by atoms with Gasteiger partial charge in [-0.1, -0.05) is 27.5 Å². The Morgan fingerprint density at radius 1 is 1.54 bits per heavy atom. The van der Waals surface area contributed by atoms with Gasteiger partial charge in [-0.25, -0.2) is 0 Å². The lowest BCUT2D eigenvalue weighted by Crippen LogP contribution is -2.02. The van der Waals surface area contributed by atoms with Crippen molar-refractivity contribution in [1.82, 2.24) is 0 Å². The minimum Gasteiger partial charge on any atom is -0.399 e. The van der Waals surface area contributed by atoms with Gasteiger partial charge in [0.15, 0.2) is 5.78 Å². The van der Waals surface area contributed by atoms with Crippen LogP contribution in [0.5, 0.6) is 0 Å². The Bertz CT molecular complexity index is 354. The maximum atomic E-state index is 11.3. The highest BCUT2D eigenvalue weighted by molar-refractivity contribution is 9.10. The van der Waals surface area contributed by atoms with Crippen LogP contribution in [-0.2, 0) is 0 Å². The van der Waals surface area contributed by atoms with Crippen molar-refractivity contribution >= 4 is 54.9 Å². The number of carbonyl (C=O) groups is 1. The van der Waals surface area contributed by atoms with Gasteiger partial charge in [0, 0.05) is 15.7 Å². The molecule has 70 valence electrons. The van der Waals surface area contributed by atoms with Crippen LogP contribution >= 0.6 is 43.5 Å². The largest absolute Gasteiger partial charge is 0.399 e. The normalized spacial score (nSPS) is 10.1. The molecule has 1 aromatic rings. The lowest BCUT2D eigenvalue weighted by Gasteiger charge is -2.04. The van der Waals surface area contributed by atoms with Crippen molar-refractivity contribution in [2.24, 2.45) is 0 Å². The fraction of sp³-hybridized carbons (Fsp3) is 0.125. The second-order valence-electron chi connectivity index (χ2n) is 2.42. The molecule has 0 bridgehead atoms. The van der Waals surface area contributed by atoms with Crippen molar-refractivity contribution in [2.45, 2.75) is 0 Å². The Labute approximate surface area is 97.7 Å². The van der Waals surface area contributed by atoms with Crippen LogP contribution in [0.1, 0.15) is 10.4 Å². The Kier molecular flexibility index (Phi) is 3.76. The molecule has 0 aliphatic heterocycles. The van der Waals surface area contributed by atoms with E-state index in [2.05, 4.69) is 31.9 Å². The predicted molar refractivity (Wildman–Crippen MR) is 61.7 cm³/mol. The molecule has 5 heteroatoms. The van der Waals surface area contributed by atoms with Crippen LogP contribution in [0.15, 0.2) is 16.6 Å². The smallest absolute Gasteiger partial charge is 0.174 e. The Morgan fingerprint density at radius 3 is 2.69 bits per heavy atom. The molecule has 0 aliphatic rings. The average Bonchev–Trinajstić information content (AvgIpc) is 2.10. The number of carbonyl (C=O) groups excluding carboxylic acids is 1. The summed E-state index contributed by atoms with van der Waals surface area (Å²) in [5.74, 6) is -0.0852. The topological polar surface area (TPSA) is 43.1 Å². The third-order valence-corrected chi connectivity index (χ3v) is 3.24. The number of hydrogen-bond donors (Lipinski definition) is 1. The molecule has 0 saturated heterocycles. The van der Waals surface area contributed by atoms with Crippen LogP contribution in [0.3, 0.4) is 0 Å². The van der Waals surface area contributed by atoms with Crippen molar-refractivity contribution in [3.8, 4) is 0 Å². The highest BCUT2D eigenvalue weighted by Crippen LogP contribution is 2.29. The fourth-order valence-electron chi connectivity index (χ4n) is 0.885. The zero-order valence-corrected chi connectivity index (χ0v) is 10.4. The molecule has 0 radical (unpaired) electrons. The van der Waals surface area contributed by atoms with E-state index < -0.39 is 0 Å². The van der Waals surface area contributed by atoms with Gasteiger partial charge in [0.05, 0.1) is 10.4 Å². The minimum atomic E-state index is -0.0852. The van der Waals surface area contributed by atoms with Crippen molar-refractivity contribution < 1.29 is 4.79 Å². The maximum absolute atomic E-state index is 11.3. The van der Waals surface area contributed by atoms with Gasteiger partial charge in [-0.05, 0) is 28.1 Å². The van der Waals surface area contributed by atoms with Crippen molar-refractivity contribution in [1.29, 1.82) is 0 Å². The van der Waals surface area contributed by atoms with Gasteiger partial charge in [-0.15, -0.1) is 0 Å². The SMILES string of the molecule is Nc1cc(Br)c(Cl)c(C(=O)CBr)c1. The summed E-state index contributed by atoms with van der Waals surface area (Å²) in [4.78, 5) is 11.3. The van der Waals surface area contributed by atoms with Crippen LogP contribution < -0.4 is 5.73 Å². The lowest BCUT2D eigenvalue weighted by molar-refractivity contribution is 0.102. The van der Waals surface area contributed by atoms with E-state index in [0.717, 1.165) is 0 Å². The van der Waals surface area contributed by atoms with Crippen LogP contribution in [0, 0.1) is 0 Å². The average molecular weight is 327 g/mol. The molecule has 1 aromatic carbocycles. The first-order valence-electron chi connectivity index (χ1n) is 3.40.